The lowest BCUT2D eigenvalue weighted by atomic mass is 10.1. The largest absolute Gasteiger partial charge is 0.494 e. The van der Waals surface area contributed by atoms with Crippen LogP contribution < -0.4 is 10.2 Å². The number of nitrogens with one attached hydrogen (secondary N) is 2. The number of nitrogens with zero attached hydrogens (tertiary/aromatic N) is 3. The summed E-state index contributed by atoms with van der Waals surface area (Å²) in [6, 6.07) is 12.9. The number of pyridine rings is 1. The van der Waals surface area contributed by atoms with Gasteiger partial charge in [0.05, 0.1) is 18.0 Å². The summed E-state index contributed by atoms with van der Waals surface area (Å²) in [5.74, 6) is 0.439. The van der Waals surface area contributed by atoms with E-state index < -0.39 is 0 Å². The number of aromatic nitrogens is 3. The Morgan fingerprint density at radius 1 is 1.19 bits per heavy atom. The van der Waals surface area contributed by atoms with Crippen molar-refractivity contribution in [2.75, 3.05) is 6.61 Å². The maximum atomic E-state index is 12.2. The van der Waals surface area contributed by atoms with Crippen molar-refractivity contribution in [3.8, 4) is 17.0 Å². The van der Waals surface area contributed by atoms with Gasteiger partial charge in [0.25, 0.3) is 5.91 Å². The minimum atomic E-state index is -0.358. The second kappa shape index (κ2) is 8.06. The molecular formula is C19H19N5O2. The SMILES string of the molecule is CCOc1ccc(-c2cc(C(=O)NN=C(C)c3ccncc3)[nH]n2)cc1. The molecule has 0 fully saturated rings. The predicted octanol–water partition coefficient (Wildman–Crippen LogP) is 3.02. The Morgan fingerprint density at radius 2 is 1.92 bits per heavy atom. The number of hydrazone groups is 1. The Kier molecular flexibility index (Phi) is 5.38. The molecule has 2 aromatic heterocycles. The van der Waals surface area contributed by atoms with Gasteiger partial charge in [0, 0.05) is 23.5 Å². The first-order chi connectivity index (χ1) is 12.7. The first-order valence-electron chi connectivity index (χ1n) is 8.21. The topological polar surface area (TPSA) is 92.3 Å². The zero-order valence-electron chi connectivity index (χ0n) is 14.6. The van der Waals surface area contributed by atoms with E-state index in [0.29, 0.717) is 23.7 Å². The van der Waals surface area contributed by atoms with Crippen molar-refractivity contribution >= 4 is 11.6 Å². The molecule has 3 aromatic rings. The van der Waals surface area contributed by atoms with Crippen molar-refractivity contribution in [1.29, 1.82) is 0 Å². The van der Waals surface area contributed by atoms with E-state index in [1.54, 1.807) is 18.5 Å². The third kappa shape index (κ3) is 4.13. The molecule has 3 rings (SSSR count). The van der Waals surface area contributed by atoms with E-state index in [1.165, 1.54) is 0 Å². The second-order valence-electron chi connectivity index (χ2n) is 5.50. The van der Waals surface area contributed by atoms with Gasteiger partial charge in [-0.1, -0.05) is 0 Å². The summed E-state index contributed by atoms with van der Waals surface area (Å²) in [5.41, 5.74) is 6.00. The standard InChI is InChI=1S/C19H19N5O2/c1-3-26-16-6-4-15(5-7-16)17-12-18(23-22-17)19(25)24-21-13(2)14-8-10-20-11-9-14/h4-12H,3H2,1-2H3,(H,22,23)(H,24,25). The molecule has 0 radical (unpaired) electrons. The first kappa shape index (κ1) is 17.3. The minimum Gasteiger partial charge on any atom is -0.494 e. The van der Waals surface area contributed by atoms with Crippen LogP contribution >= 0.6 is 0 Å². The van der Waals surface area contributed by atoms with Crippen molar-refractivity contribution < 1.29 is 9.53 Å². The fourth-order valence-corrected chi connectivity index (χ4v) is 2.33. The molecule has 0 spiro atoms. The van der Waals surface area contributed by atoms with Gasteiger partial charge in [0.15, 0.2) is 0 Å². The van der Waals surface area contributed by atoms with Gasteiger partial charge in [-0.25, -0.2) is 5.43 Å². The number of rotatable bonds is 6. The molecule has 0 aliphatic rings. The van der Waals surface area contributed by atoms with E-state index in [1.807, 2.05) is 50.2 Å². The van der Waals surface area contributed by atoms with Crippen LogP contribution in [-0.2, 0) is 0 Å². The van der Waals surface area contributed by atoms with E-state index in [0.717, 1.165) is 16.9 Å². The van der Waals surface area contributed by atoms with Crippen molar-refractivity contribution in [1.82, 2.24) is 20.6 Å². The van der Waals surface area contributed by atoms with Crippen LogP contribution in [0, 0.1) is 0 Å². The maximum absolute atomic E-state index is 12.2. The van der Waals surface area contributed by atoms with E-state index >= 15 is 0 Å². The average Bonchev–Trinajstić information content (AvgIpc) is 3.18. The van der Waals surface area contributed by atoms with Gasteiger partial charge >= 0.3 is 0 Å². The zero-order chi connectivity index (χ0) is 18.4. The summed E-state index contributed by atoms with van der Waals surface area (Å²) < 4.78 is 5.42. The lowest BCUT2D eigenvalue weighted by molar-refractivity contribution is 0.0950. The maximum Gasteiger partial charge on any atom is 0.289 e. The van der Waals surface area contributed by atoms with E-state index in [4.69, 9.17) is 4.74 Å². The fourth-order valence-electron chi connectivity index (χ4n) is 2.33. The monoisotopic (exact) mass is 349 g/mol. The molecule has 0 unspecified atom stereocenters. The van der Waals surface area contributed by atoms with Crippen LogP contribution in [0.4, 0.5) is 0 Å². The number of H-pyrrole nitrogens is 1. The summed E-state index contributed by atoms with van der Waals surface area (Å²) in [6.45, 7) is 4.37. The summed E-state index contributed by atoms with van der Waals surface area (Å²) in [7, 11) is 0. The highest BCUT2D eigenvalue weighted by Crippen LogP contribution is 2.21. The van der Waals surface area contributed by atoms with Crippen LogP contribution in [0.15, 0.2) is 60.0 Å². The van der Waals surface area contributed by atoms with Gasteiger partial charge in [0.2, 0.25) is 0 Å². The highest BCUT2D eigenvalue weighted by Gasteiger charge is 2.11. The normalized spacial score (nSPS) is 11.2. The lowest BCUT2D eigenvalue weighted by Crippen LogP contribution is -2.19. The third-order valence-corrected chi connectivity index (χ3v) is 3.71. The molecule has 132 valence electrons. The molecule has 2 heterocycles. The van der Waals surface area contributed by atoms with Crippen LogP contribution in [0.3, 0.4) is 0 Å². The number of hydrogen-bond acceptors (Lipinski definition) is 5. The number of carbonyl (C=O) groups excluding carboxylic acids is 1. The van der Waals surface area contributed by atoms with E-state index in [-0.39, 0.29) is 5.91 Å². The molecule has 0 aliphatic heterocycles. The van der Waals surface area contributed by atoms with Crippen molar-refractivity contribution in [2.24, 2.45) is 5.10 Å². The van der Waals surface area contributed by atoms with Crippen LogP contribution in [0.2, 0.25) is 0 Å². The molecule has 7 nitrogen and oxygen atoms in total. The Morgan fingerprint density at radius 3 is 2.62 bits per heavy atom. The fraction of sp³-hybridized carbons (Fsp3) is 0.158. The number of aromatic amines is 1. The average molecular weight is 349 g/mol. The lowest BCUT2D eigenvalue weighted by Gasteiger charge is -2.02. The highest BCUT2D eigenvalue weighted by molar-refractivity contribution is 6.00. The molecular weight excluding hydrogens is 330 g/mol. The minimum absolute atomic E-state index is 0.333. The summed E-state index contributed by atoms with van der Waals surface area (Å²) >= 11 is 0. The molecule has 0 saturated heterocycles. The van der Waals surface area contributed by atoms with Crippen LogP contribution in [0.5, 0.6) is 5.75 Å². The van der Waals surface area contributed by atoms with Crippen molar-refractivity contribution in [2.45, 2.75) is 13.8 Å². The van der Waals surface area contributed by atoms with Gasteiger partial charge in [-0.05, 0) is 56.3 Å². The molecule has 2 N–H and O–H groups in total. The van der Waals surface area contributed by atoms with E-state index in [9.17, 15) is 4.79 Å². The summed E-state index contributed by atoms with van der Waals surface area (Å²) in [6.07, 6.45) is 3.35. The Bertz CT molecular complexity index is 901. The van der Waals surface area contributed by atoms with Gasteiger partial charge in [-0.15, -0.1) is 0 Å². The molecule has 1 aromatic carbocycles. The Labute approximate surface area is 151 Å². The van der Waals surface area contributed by atoms with Crippen LogP contribution in [-0.4, -0.2) is 33.4 Å². The smallest absolute Gasteiger partial charge is 0.289 e. The van der Waals surface area contributed by atoms with E-state index in [2.05, 4.69) is 25.7 Å². The van der Waals surface area contributed by atoms with Crippen molar-refractivity contribution in [3.05, 3.63) is 66.1 Å². The first-order valence-corrected chi connectivity index (χ1v) is 8.21. The molecule has 1 amide bonds. The number of benzene rings is 1. The molecule has 26 heavy (non-hydrogen) atoms. The summed E-state index contributed by atoms with van der Waals surface area (Å²) in [4.78, 5) is 16.2. The van der Waals surface area contributed by atoms with Gasteiger partial charge in [-0.3, -0.25) is 14.9 Å². The van der Waals surface area contributed by atoms with Crippen molar-refractivity contribution in [3.63, 3.8) is 0 Å². The molecule has 0 saturated carbocycles. The second-order valence-corrected chi connectivity index (χ2v) is 5.50. The van der Waals surface area contributed by atoms with Crippen LogP contribution in [0.1, 0.15) is 29.9 Å². The Balaban J connectivity index is 1.68. The van der Waals surface area contributed by atoms with Gasteiger partial charge in [0.1, 0.15) is 11.4 Å². The number of ether oxygens (including phenoxy) is 1. The third-order valence-electron chi connectivity index (χ3n) is 3.71. The van der Waals surface area contributed by atoms with Gasteiger partial charge < -0.3 is 4.74 Å². The predicted molar refractivity (Wildman–Crippen MR) is 99.1 cm³/mol. The zero-order valence-corrected chi connectivity index (χ0v) is 14.6. The molecule has 0 atom stereocenters. The molecule has 0 bridgehead atoms. The number of amides is 1. The number of carbonyl (C=O) groups is 1. The van der Waals surface area contributed by atoms with Crippen LogP contribution in [0.25, 0.3) is 11.3 Å². The molecule has 0 aliphatic carbocycles. The Hall–Kier alpha value is -3.48. The number of hydrogen-bond donors (Lipinski definition) is 2. The quantitative estimate of drug-likeness (QED) is 0.528. The highest BCUT2D eigenvalue weighted by atomic mass is 16.5. The summed E-state index contributed by atoms with van der Waals surface area (Å²) in [5, 5.41) is 11.0. The molecule has 7 heteroatoms. The van der Waals surface area contributed by atoms with Gasteiger partial charge in [-0.2, -0.15) is 10.2 Å².